The molecule has 3 heteroatoms. The van der Waals surface area contributed by atoms with Crippen molar-refractivity contribution in [2.24, 2.45) is 11.8 Å². The van der Waals surface area contributed by atoms with Crippen molar-refractivity contribution in [3.63, 3.8) is 0 Å². The quantitative estimate of drug-likeness (QED) is 0.882. The van der Waals surface area contributed by atoms with E-state index in [1.54, 1.807) is 11.3 Å². The number of thiazole rings is 1. The number of nitrogens with zero attached hydrogens (tertiary/aromatic N) is 1. The lowest BCUT2D eigenvalue weighted by molar-refractivity contribution is 0.567. The fourth-order valence-corrected chi connectivity index (χ4v) is 3.52. The number of anilines is 1. The molecule has 0 saturated heterocycles. The highest BCUT2D eigenvalue weighted by atomic mass is 32.1. The molecule has 1 N–H and O–H groups in total. The number of hydrogen-bond donors (Lipinski definition) is 1. The summed E-state index contributed by atoms with van der Waals surface area (Å²) in [7, 11) is 0. The molecule has 0 spiro atoms. The molecule has 2 fully saturated rings. The molecule has 0 unspecified atom stereocenters. The number of rotatable bonds is 4. The first kappa shape index (κ1) is 9.89. The van der Waals surface area contributed by atoms with Gasteiger partial charge in [-0.1, -0.05) is 23.5 Å². The maximum absolute atomic E-state index is 4.68. The standard InChI is InChI=1S/C14H16N2S/c1-2-4-12-11(3-1)15-14(17-12)16-13(9-5-6-9)10-7-8-10/h1-4,9-10,13H,5-8H2,(H,15,16). The van der Waals surface area contributed by atoms with Gasteiger partial charge in [0, 0.05) is 6.04 Å². The van der Waals surface area contributed by atoms with E-state index >= 15 is 0 Å². The summed E-state index contributed by atoms with van der Waals surface area (Å²) in [6.45, 7) is 0. The number of fused-ring (bicyclic) bond motifs is 1. The maximum Gasteiger partial charge on any atom is 0.184 e. The molecule has 1 heterocycles. The molecular formula is C14H16N2S. The van der Waals surface area contributed by atoms with Crippen LogP contribution in [0.3, 0.4) is 0 Å². The second-order valence-electron chi connectivity index (χ2n) is 5.33. The molecule has 2 aliphatic rings. The van der Waals surface area contributed by atoms with E-state index in [0.29, 0.717) is 6.04 Å². The zero-order valence-corrected chi connectivity index (χ0v) is 10.5. The minimum absolute atomic E-state index is 0.704. The molecule has 2 aliphatic carbocycles. The largest absolute Gasteiger partial charge is 0.358 e. The SMILES string of the molecule is c1ccc2sc(NC(C3CC3)C3CC3)nc2c1. The Morgan fingerprint density at radius 1 is 1.12 bits per heavy atom. The van der Waals surface area contributed by atoms with Crippen LogP contribution in [0.5, 0.6) is 0 Å². The summed E-state index contributed by atoms with van der Waals surface area (Å²) in [4.78, 5) is 4.68. The van der Waals surface area contributed by atoms with Crippen LogP contribution in [0.1, 0.15) is 25.7 Å². The Hall–Kier alpha value is -1.09. The van der Waals surface area contributed by atoms with Crippen LogP contribution < -0.4 is 5.32 Å². The van der Waals surface area contributed by atoms with E-state index < -0.39 is 0 Å². The number of benzene rings is 1. The van der Waals surface area contributed by atoms with Crippen LogP contribution in [-0.2, 0) is 0 Å². The molecular weight excluding hydrogens is 228 g/mol. The second kappa shape index (κ2) is 3.70. The van der Waals surface area contributed by atoms with Gasteiger partial charge in [0.05, 0.1) is 10.2 Å². The molecule has 0 aliphatic heterocycles. The van der Waals surface area contributed by atoms with Gasteiger partial charge in [-0.3, -0.25) is 0 Å². The Balaban J connectivity index is 1.60. The highest BCUT2D eigenvalue weighted by molar-refractivity contribution is 7.22. The first-order valence-corrected chi connectivity index (χ1v) is 7.34. The van der Waals surface area contributed by atoms with Gasteiger partial charge in [0.1, 0.15) is 0 Å². The van der Waals surface area contributed by atoms with Gasteiger partial charge in [0.2, 0.25) is 0 Å². The van der Waals surface area contributed by atoms with Gasteiger partial charge < -0.3 is 5.32 Å². The predicted octanol–water partition coefficient (Wildman–Crippen LogP) is 3.90. The van der Waals surface area contributed by atoms with Gasteiger partial charge in [0.15, 0.2) is 5.13 Å². The summed E-state index contributed by atoms with van der Waals surface area (Å²) in [6.07, 6.45) is 5.66. The van der Waals surface area contributed by atoms with Crippen LogP contribution in [0.4, 0.5) is 5.13 Å². The van der Waals surface area contributed by atoms with E-state index in [4.69, 9.17) is 0 Å². The van der Waals surface area contributed by atoms with Crippen molar-refractivity contribution in [2.75, 3.05) is 5.32 Å². The molecule has 2 aromatic rings. The highest BCUT2D eigenvalue weighted by Crippen LogP contribution is 2.46. The number of nitrogens with one attached hydrogen (secondary N) is 1. The molecule has 4 rings (SSSR count). The molecule has 0 amide bonds. The third-order valence-corrected chi connectivity index (χ3v) is 4.81. The van der Waals surface area contributed by atoms with Crippen molar-refractivity contribution in [1.29, 1.82) is 0 Å². The molecule has 1 aromatic heterocycles. The molecule has 0 radical (unpaired) electrons. The normalized spacial score (nSPS) is 20.1. The van der Waals surface area contributed by atoms with Crippen molar-refractivity contribution in [2.45, 2.75) is 31.7 Å². The molecule has 0 atom stereocenters. The van der Waals surface area contributed by atoms with Crippen molar-refractivity contribution in [1.82, 2.24) is 4.98 Å². The van der Waals surface area contributed by atoms with Gasteiger partial charge >= 0.3 is 0 Å². The first-order valence-electron chi connectivity index (χ1n) is 6.52. The molecule has 2 nitrogen and oxygen atoms in total. The van der Waals surface area contributed by atoms with Crippen LogP contribution in [0.25, 0.3) is 10.2 Å². The third-order valence-electron chi connectivity index (χ3n) is 3.84. The zero-order valence-electron chi connectivity index (χ0n) is 9.73. The maximum atomic E-state index is 4.68. The van der Waals surface area contributed by atoms with Crippen LogP contribution in [0.2, 0.25) is 0 Å². The summed E-state index contributed by atoms with van der Waals surface area (Å²) >= 11 is 1.79. The second-order valence-corrected chi connectivity index (χ2v) is 6.36. The minimum atomic E-state index is 0.704. The zero-order chi connectivity index (χ0) is 11.2. The number of para-hydroxylation sites is 1. The van der Waals surface area contributed by atoms with E-state index in [1.807, 2.05) is 0 Å². The van der Waals surface area contributed by atoms with Crippen molar-refractivity contribution >= 4 is 26.7 Å². The van der Waals surface area contributed by atoms with Crippen molar-refractivity contribution < 1.29 is 0 Å². The van der Waals surface area contributed by atoms with E-state index in [0.717, 1.165) is 22.5 Å². The molecule has 1 aromatic carbocycles. The van der Waals surface area contributed by atoms with Crippen molar-refractivity contribution in [3.05, 3.63) is 24.3 Å². The van der Waals surface area contributed by atoms with Crippen LogP contribution in [0, 0.1) is 11.8 Å². The third kappa shape index (κ3) is 1.93. The smallest absolute Gasteiger partial charge is 0.184 e. The summed E-state index contributed by atoms with van der Waals surface area (Å²) in [5.74, 6) is 1.85. The monoisotopic (exact) mass is 244 g/mol. The average molecular weight is 244 g/mol. The predicted molar refractivity (Wildman–Crippen MR) is 72.5 cm³/mol. The van der Waals surface area contributed by atoms with Gasteiger partial charge in [-0.15, -0.1) is 0 Å². The fraction of sp³-hybridized carbons (Fsp3) is 0.500. The molecule has 17 heavy (non-hydrogen) atoms. The molecule has 0 bridgehead atoms. The Morgan fingerprint density at radius 2 is 1.82 bits per heavy atom. The number of aromatic nitrogens is 1. The Bertz CT molecular complexity index is 495. The van der Waals surface area contributed by atoms with Gasteiger partial charge in [-0.2, -0.15) is 0 Å². The molecule has 88 valence electrons. The van der Waals surface area contributed by atoms with E-state index in [-0.39, 0.29) is 0 Å². The van der Waals surface area contributed by atoms with Gasteiger partial charge in [0.25, 0.3) is 0 Å². The minimum Gasteiger partial charge on any atom is -0.358 e. The lowest BCUT2D eigenvalue weighted by Crippen LogP contribution is -2.23. The summed E-state index contributed by atoms with van der Waals surface area (Å²) in [5.41, 5.74) is 1.13. The molecule has 2 saturated carbocycles. The van der Waals surface area contributed by atoms with Gasteiger partial charge in [-0.05, 0) is 49.7 Å². The van der Waals surface area contributed by atoms with Crippen LogP contribution in [0.15, 0.2) is 24.3 Å². The van der Waals surface area contributed by atoms with Crippen molar-refractivity contribution in [3.8, 4) is 0 Å². The van der Waals surface area contributed by atoms with Gasteiger partial charge in [-0.25, -0.2) is 4.98 Å². The first-order chi connectivity index (χ1) is 8.40. The van der Waals surface area contributed by atoms with Crippen LogP contribution in [-0.4, -0.2) is 11.0 Å². The Labute approximate surface area is 105 Å². The Morgan fingerprint density at radius 3 is 2.47 bits per heavy atom. The fourth-order valence-electron chi connectivity index (χ4n) is 2.61. The Kier molecular flexibility index (Phi) is 2.15. The van der Waals surface area contributed by atoms with E-state index in [1.165, 1.54) is 30.4 Å². The van der Waals surface area contributed by atoms with E-state index in [9.17, 15) is 0 Å². The average Bonchev–Trinajstić information content (AvgIpc) is 3.22. The lowest BCUT2D eigenvalue weighted by Gasteiger charge is -2.16. The topological polar surface area (TPSA) is 24.9 Å². The van der Waals surface area contributed by atoms with E-state index in [2.05, 4.69) is 34.6 Å². The lowest BCUT2D eigenvalue weighted by atomic mass is 10.1. The summed E-state index contributed by atoms with van der Waals surface area (Å²) < 4.78 is 1.29. The number of hydrogen-bond acceptors (Lipinski definition) is 3. The summed E-state index contributed by atoms with van der Waals surface area (Å²) in [6, 6.07) is 9.10. The summed E-state index contributed by atoms with van der Waals surface area (Å²) in [5, 5.41) is 4.82. The van der Waals surface area contributed by atoms with Crippen LogP contribution >= 0.6 is 11.3 Å². The highest BCUT2D eigenvalue weighted by Gasteiger charge is 2.41.